The lowest BCUT2D eigenvalue weighted by atomic mass is 10.2. The minimum absolute atomic E-state index is 0.0287. The molecule has 0 bridgehead atoms. The van der Waals surface area contributed by atoms with Gasteiger partial charge in [0.15, 0.2) is 0 Å². The molecule has 26 heavy (non-hydrogen) atoms. The quantitative estimate of drug-likeness (QED) is 0.850. The van der Waals surface area contributed by atoms with Gasteiger partial charge in [-0.05, 0) is 37.1 Å². The number of aromatic nitrogens is 1. The highest BCUT2D eigenvalue weighted by Crippen LogP contribution is 2.22. The lowest BCUT2D eigenvalue weighted by molar-refractivity contribution is 0.0746. The van der Waals surface area contributed by atoms with E-state index in [1.165, 1.54) is 18.9 Å². The van der Waals surface area contributed by atoms with Gasteiger partial charge in [-0.25, -0.2) is 9.37 Å². The van der Waals surface area contributed by atoms with Crippen molar-refractivity contribution in [2.75, 3.05) is 49.1 Å². The maximum atomic E-state index is 14.0. The Balaban J connectivity index is 1.42. The van der Waals surface area contributed by atoms with Gasteiger partial charge < -0.3 is 14.7 Å². The van der Waals surface area contributed by atoms with E-state index >= 15 is 0 Å². The Kier molecular flexibility index (Phi) is 4.73. The molecule has 1 amide bonds. The summed E-state index contributed by atoms with van der Waals surface area (Å²) in [4.78, 5) is 23.4. The third kappa shape index (κ3) is 3.36. The first-order valence-electron chi connectivity index (χ1n) is 9.22. The predicted molar refractivity (Wildman–Crippen MR) is 100 cm³/mol. The lowest BCUT2D eigenvalue weighted by Gasteiger charge is -2.36. The van der Waals surface area contributed by atoms with E-state index in [0.717, 1.165) is 18.9 Å². The predicted octanol–water partition coefficient (Wildman–Crippen LogP) is 2.78. The second kappa shape index (κ2) is 7.32. The second-order valence-electron chi connectivity index (χ2n) is 6.83. The van der Waals surface area contributed by atoms with E-state index in [1.54, 1.807) is 24.4 Å². The largest absolute Gasteiger partial charge is 0.366 e. The van der Waals surface area contributed by atoms with E-state index < -0.39 is 0 Å². The van der Waals surface area contributed by atoms with Crippen LogP contribution in [0.3, 0.4) is 0 Å². The number of hydrogen-bond acceptors (Lipinski definition) is 4. The molecule has 6 heteroatoms. The number of carbonyl (C=O) groups excluding carboxylic acids is 1. The Hall–Kier alpha value is -2.63. The molecule has 0 spiro atoms. The number of para-hydroxylation sites is 1. The molecule has 0 aliphatic carbocycles. The summed E-state index contributed by atoms with van der Waals surface area (Å²) in [5.74, 6) is 0.705. The average Bonchev–Trinajstić information content (AvgIpc) is 3.23. The van der Waals surface area contributed by atoms with E-state index in [9.17, 15) is 9.18 Å². The van der Waals surface area contributed by atoms with Crippen molar-refractivity contribution in [3.05, 3.63) is 54.0 Å². The first-order valence-corrected chi connectivity index (χ1v) is 9.22. The monoisotopic (exact) mass is 354 g/mol. The Morgan fingerprint density at radius 3 is 2.38 bits per heavy atom. The second-order valence-corrected chi connectivity index (χ2v) is 6.83. The van der Waals surface area contributed by atoms with Gasteiger partial charge in [-0.3, -0.25) is 4.79 Å². The molecule has 3 heterocycles. The van der Waals surface area contributed by atoms with E-state index in [2.05, 4.69) is 9.88 Å². The Morgan fingerprint density at radius 1 is 0.923 bits per heavy atom. The van der Waals surface area contributed by atoms with Gasteiger partial charge in [0.2, 0.25) is 0 Å². The van der Waals surface area contributed by atoms with Crippen LogP contribution in [-0.4, -0.2) is 55.1 Å². The van der Waals surface area contributed by atoms with Crippen LogP contribution in [0.25, 0.3) is 0 Å². The minimum atomic E-state index is -0.211. The van der Waals surface area contributed by atoms with Gasteiger partial charge in [0, 0.05) is 51.0 Å². The van der Waals surface area contributed by atoms with E-state index in [1.807, 2.05) is 21.9 Å². The van der Waals surface area contributed by atoms with Crippen molar-refractivity contribution >= 4 is 17.4 Å². The van der Waals surface area contributed by atoms with Crippen LogP contribution < -0.4 is 9.80 Å². The summed E-state index contributed by atoms with van der Waals surface area (Å²) < 4.78 is 14.0. The molecule has 0 radical (unpaired) electrons. The van der Waals surface area contributed by atoms with Crippen LogP contribution in [-0.2, 0) is 0 Å². The number of rotatable bonds is 3. The normalized spacial score (nSPS) is 17.7. The van der Waals surface area contributed by atoms with Crippen molar-refractivity contribution in [1.29, 1.82) is 0 Å². The molecule has 1 aromatic carbocycles. The molecule has 136 valence electrons. The van der Waals surface area contributed by atoms with Crippen LogP contribution in [0.2, 0.25) is 0 Å². The Bertz CT molecular complexity index is 783. The molecule has 2 saturated heterocycles. The van der Waals surface area contributed by atoms with Crippen LogP contribution in [0.5, 0.6) is 0 Å². The highest BCUT2D eigenvalue weighted by atomic mass is 19.1. The number of halogens is 1. The van der Waals surface area contributed by atoms with Crippen molar-refractivity contribution < 1.29 is 9.18 Å². The smallest absolute Gasteiger partial charge is 0.254 e. The molecule has 4 rings (SSSR count). The molecule has 1 aromatic heterocycles. The van der Waals surface area contributed by atoms with E-state index in [0.29, 0.717) is 37.4 Å². The fourth-order valence-corrected chi connectivity index (χ4v) is 3.71. The summed E-state index contributed by atoms with van der Waals surface area (Å²) in [7, 11) is 0. The molecular weight excluding hydrogens is 331 g/mol. The number of hydrogen-bond donors (Lipinski definition) is 0. The maximum absolute atomic E-state index is 14.0. The van der Waals surface area contributed by atoms with Crippen molar-refractivity contribution in [1.82, 2.24) is 9.88 Å². The fraction of sp³-hybridized carbons (Fsp3) is 0.400. The molecular formula is C20H23FN4O. The van der Waals surface area contributed by atoms with Crippen LogP contribution in [0.4, 0.5) is 15.9 Å². The molecule has 0 unspecified atom stereocenters. The van der Waals surface area contributed by atoms with Gasteiger partial charge in [-0.15, -0.1) is 0 Å². The van der Waals surface area contributed by atoms with Gasteiger partial charge >= 0.3 is 0 Å². The number of carbonyl (C=O) groups is 1. The summed E-state index contributed by atoms with van der Waals surface area (Å²) in [6, 6.07) is 10.5. The molecule has 0 atom stereocenters. The van der Waals surface area contributed by atoms with Crippen molar-refractivity contribution in [2.24, 2.45) is 0 Å². The zero-order valence-electron chi connectivity index (χ0n) is 14.8. The van der Waals surface area contributed by atoms with Gasteiger partial charge in [0.05, 0.1) is 5.69 Å². The summed E-state index contributed by atoms with van der Waals surface area (Å²) in [5.41, 5.74) is 1.29. The topological polar surface area (TPSA) is 39.7 Å². The summed E-state index contributed by atoms with van der Waals surface area (Å²) in [6.07, 6.45) is 4.08. The van der Waals surface area contributed by atoms with E-state index in [4.69, 9.17) is 0 Å². The third-order valence-electron chi connectivity index (χ3n) is 5.18. The number of amides is 1. The molecule has 0 N–H and O–H groups in total. The molecule has 2 aliphatic heterocycles. The van der Waals surface area contributed by atoms with Crippen molar-refractivity contribution in [3.63, 3.8) is 0 Å². The standard InChI is InChI=1S/C20H23FN4O/c21-17-5-1-2-6-18(17)23-11-13-25(14-12-23)20(26)16-7-8-22-19(15-16)24-9-3-4-10-24/h1-2,5-8,15H,3-4,9-14H2. The SMILES string of the molecule is O=C(c1ccnc(N2CCCC2)c1)N1CCN(c2ccccc2F)CC1. The Morgan fingerprint density at radius 2 is 1.65 bits per heavy atom. The number of nitrogens with zero attached hydrogens (tertiary/aromatic N) is 4. The maximum Gasteiger partial charge on any atom is 0.254 e. The number of piperazine rings is 1. The van der Waals surface area contributed by atoms with Gasteiger partial charge in [0.1, 0.15) is 11.6 Å². The van der Waals surface area contributed by atoms with Crippen LogP contribution in [0.15, 0.2) is 42.6 Å². The van der Waals surface area contributed by atoms with Crippen molar-refractivity contribution in [2.45, 2.75) is 12.8 Å². The third-order valence-corrected chi connectivity index (χ3v) is 5.18. The first-order chi connectivity index (χ1) is 12.7. The average molecular weight is 354 g/mol. The van der Waals surface area contributed by atoms with Crippen LogP contribution in [0.1, 0.15) is 23.2 Å². The highest BCUT2D eigenvalue weighted by Gasteiger charge is 2.24. The molecule has 2 fully saturated rings. The number of anilines is 2. The van der Waals surface area contributed by atoms with Gasteiger partial charge in [-0.2, -0.15) is 0 Å². The fourth-order valence-electron chi connectivity index (χ4n) is 3.71. The van der Waals surface area contributed by atoms with Crippen LogP contribution >= 0.6 is 0 Å². The zero-order valence-corrected chi connectivity index (χ0v) is 14.8. The molecule has 0 saturated carbocycles. The lowest BCUT2D eigenvalue weighted by Crippen LogP contribution is -2.49. The molecule has 2 aromatic rings. The zero-order chi connectivity index (χ0) is 17.9. The summed E-state index contributed by atoms with van der Waals surface area (Å²) in [6.45, 7) is 4.47. The van der Waals surface area contributed by atoms with Crippen LogP contribution in [0, 0.1) is 5.82 Å². The number of pyridine rings is 1. The minimum Gasteiger partial charge on any atom is -0.366 e. The summed E-state index contributed by atoms with van der Waals surface area (Å²) in [5, 5.41) is 0. The number of benzene rings is 1. The summed E-state index contributed by atoms with van der Waals surface area (Å²) >= 11 is 0. The first kappa shape index (κ1) is 16.8. The molecule has 2 aliphatic rings. The Labute approximate surface area is 153 Å². The van der Waals surface area contributed by atoms with Gasteiger partial charge in [-0.1, -0.05) is 12.1 Å². The van der Waals surface area contributed by atoms with E-state index in [-0.39, 0.29) is 11.7 Å². The van der Waals surface area contributed by atoms with Gasteiger partial charge in [0.25, 0.3) is 5.91 Å². The molecule has 5 nitrogen and oxygen atoms in total. The van der Waals surface area contributed by atoms with Crippen molar-refractivity contribution in [3.8, 4) is 0 Å². The highest BCUT2D eigenvalue weighted by molar-refractivity contribution is 5.95.